The molecule has 0 spiro atoms. The molecular weight excluding hydrogens is 681 g/mol. The fraction of sp³-hybridized carbons (Fsp3) is 0.364. The van der Waals surface area contributed by atoms with E-state index in [-0.39, 0.29) is 55.2 Å². The molecule has 1 aromatic heterocycles. The summed E-state index contributed by atoms with van der Waals surface area (Å²) in [6.45, 7) is 1.22. The number of nitrogens with zero attached hydrogens (tertiary/aromatic N) is 3. The quantitative estimate of drug-likeness (QED) is 0.252. The molecule has 2 fully saturated rings. The smallest absolute Gasteiger partial charge is 0.414 e. The van der Waals surface area contributed by atoms with E-state index in [2.05, 4.69) is 5.32 Å². The van der Waals surface area contributed by atoms with Gasteiger partial charge >= 0.3 is 6.09 Å². The van der Waals surface area contributed by atoms with Crippen molar-refractivity contribution in [3.63, 3.8) is 0 Å². The van der Waals surface area contributed by atoms with Crippen LogP contribution in [0.4, 0.5) is 16.2 Å². The lowest BCUT2D eigenvalue weighted by atomic mass is 10.1. The van der Waals surface area contributed by atoms with Crippen LogP contribution in [-0.2, 0) is 30.3 Å². The highest BCUT2D eigenvalue weighted by molar-refractivity contribution is 7.18. The Morgan fingerprint density at radius 2 is 1.71 bits per heavy atom. The largest absolute Gasteiger partial charge is 0.442 e. The maximum absolute atomic E-state index is 13.4. The first kappa shape index (κ1) is 36.8. The highest BCUT2D eigenvalue weighted by Crippen LogP contribution is 2.27. The summed E-state index contributed by atoms with van der Waals surface area (Å²) in [5, 5.41) is 2.81. The lowest BCUT2D eigenvalue weighted by Gasteiger charge is -2.27. The molecule has 0 radical (unpaired) electrons. The molecule has 3 aromatic rings. The highest BCUT2D eigenvalue weighted by atomic mass is 35.5. The molecule has 2 aliphatic rings. The van der Waals surface area contributed by atoms with E-state index < -0.39 is 30.1 Å². The van der Waals surface area contributed by atoms with E-state index in [9.17, 15) is 24.0 Å². The monoisotopic (exact) mass is 717 g/mol. The minimum absolute atomic E-state index is 0. The van der Waals surface area contributed by atoms with Gasteiger partial charge < -0.3 is 25.4 Å². The summed E-state index contributed by atoms with van der Waals surface area (Å²) in [6.07, 6.45) is 0.00100. The number of hydrogen-bond donors (Lipinski definition) is 2. The maximum Gasteiger partial charge on any atom is 0.414 e. The molecule has 5 amide bonds. The van der Waals surface area contributed by atoms with Gasteiger partial charge in [-0.05, 0) is 61.2 Å². The number of morpholine rings is 1. The lowest BCUT2D eigenvalue weighted by Crippen LogP contribution is -2.43. The molecule has 0 saturated carbocycles. The van der Waals surface area contributed by atoms with Gasteiger partial charge in [-0.15, -0.1) is 23.7 Å². The molecule has 0 unspecified atom stereocenters. The molecule has 12 nitrogen and oxygen atoms in total. The first-order valence-electron chi connectivity index (χ1n) is 15.3. The van der Waals surface area contributed by atoms with E-state index in [1.807, 2.05) is 30.3 Å². The third-order valence-corrected chi connectivity index (χ3v) is 9.02. The number of carbonyl (C=O) groups excluding carboxylic acids is 5. The second-order valence-corrected chi connectivity index (χ2v) is 12.9. The van der Waals surface area contributed by atoms with Crippen molar-refractivity contribution < 1.29 is 33.4 Å². The molecule has 48 heavy (non-hydrogen) atoms. The highest BCUT2D eigenvalue weighted by Gasteiger charge is 2.36. The number of anilines is 2. The Morgan fingerprint density at radius 1 is 1.00 bits per heavy atom. The number of rotatable bonds is 13. The van der Waals surface area contributed by atoms with Gasteiger partial charge in [-0.1, -0.05) is 41.9 Å². The molecular formula is C33H37Cl2N5O7S. The molecule has 2 aliphatic heterocycles. The molecule has 256 valence electrons. The SMILES string of the molecule is Cl.N[C@@H](Cc1ccccc1)C(=O)NCCCCC(=O)N(C[C@H]1CN(c2ccc(N3CCOCC3=O)cc2)C(=O)O1)C(=O)c1ccc(Cl)s1. The van der Waals surface area contributed by atoms with E-state index in [0.717, 1.165) is 21.8 Å². The predicted molar refractivity (Wildman–Crippen MR) is 185 cm³/mol. The third kappa shape index (κ3) is 9.54. The van der Waals surface area contributed by atoms with Crippen molar-refractivity contribution in [3.05, 3.63) is 81.5 Å². The Morgan fingerprint density at radius 3 is 2.38 bits per heavy atom. The number of nitrogens with two attached hydrogens (primary N) is 1. The van der Waals surface area contributed by atoms with Crippen molar-refractivity contribution in [2.45, 2.75) is 37.8 Å². The van der Waals surface area contributed by atoms with Crippen LogP contribution >= 0.6 is 35.3 Å². The van der Waals surface area contributed by atoms with E-state index >= 15 is 0 Å². The Labute approximate surface area is 293 Å². The van der Waals surface area contributed by atoms with E-state index in [4.69, 9.17) is 26.8 Å². The van der Waals surface area contributed by atoms with Crippen LogP contribution in [0.1, 0.15) is 34.5 Å². The second-order valence-electron chi connectivity index (χ2n) is 11.2. The molecule has 5 rings (SSSR count). The van der Waals surface area contributed by atoms with Crippen molar-refractivity contribution in [1.82, 2.24) is 10.2 Å². The number of carbonyl (C=O) groups is 5. The fourth-order valence-electron chi connectivity index (χ4n) is 5.33. The normalized spacial score (nSPS) is 16.6. The Hall–Kier alpha value is -4.01. The zero-order chi connectivity index (χ0) is 33.3. The average Bonchev–Trinajstić information content (AvgIpc) is 3.68. The number of cyclic esters (lactones) is 1. The van der Waals surface area contributed by atoms with E-state index in [1.54, 1.807) is 41.3 Å². The van der Waals surface area contributed by atoms with E-state index in [1.165, 1.54) is 4.90 Å². The topological polar surface area (TPSA) is 152 Å². The summed E-state index contributed by atoms with van der Waals surface area (Å²) in [5.74, 6) is -1.37. The van der Waals surface area contributed by atoms with Crippen molar-refractivity contribution in [3.8, 4) is 0 Å². The summed E-state index contributed by atoms with van der Waals surface area (Å²) in [6, 6.07) is 18.9. The van der Waals surface area contributed by atoms with Gasteiger partial charge in [-0.2, -0.15) is 0 Å². The molecule has 0 bridgehead atoms. The van der Waals surface area contributed by atoms with Gasteiger partial charge in [-0.25, -0.2) is 4.79 Å². The summed E-state index contributed by atoms with van der Waals surface area (Å²) >= 11 is 7.12. The number of unbranched alkanes of at least 4 members (excludes halogenated alkanes) is 1. The first-order chi connectivity index (χ1) is 22.7. The number of amides is 5. The number of benzene rings is 2. The van der Waals surface area contributed by atoms with Crippen molar-refractivity contribution in [2.75, 3.05) is 49.2 Å². The molecule has 2 atom stereocenters. The Kier molecular flexibility index (Phi) is 13.4. The minimum atomic E-state index is -0.767. The standard InChI is InChI=1S/C33H36ClN5O7S.ClH/c34-28-14-13-27(47-28)32(43)39(29(40)8-4-5-15-36-31(42)26(35)18-22-6-2-1-3-7-22)20-25-19-38(33(44)46-25)24-11-9-23(10-12-24)37-16-17-45-21-30(37)41;/h1-3,6-7,9-14,25-26H,4-5,8,15-21,35H2,(H,36,42);1H/t25-,26+;/m1./s1. The van der Waals surface area contributed by atoms with Gasteiger partial charge in [0.05, 0.1) is 35.0 Å². The van der Waals surface area contributed by atoms with Crippen molar-refractivity contribution >= 4 is 76.4 Å². The van der Waals surface area contributed by atoms with Crippen LogP contribution in [-0.4, -0.2) is 86.2 Å². The number of nitrogens with one attached hydrogen (secondary N) is 1. The Balaban J connectivity index is 0.00000520. The van der Waals surface area contributed by atoms with Crippen LogP contribution in [0.3, 0.4) is 0 Å². The predicted octanol–water partition coefficient (Wildman–Crippen LogP) is 4.04. The van der Waals surface area contributed by atoms with Gasteiger partial charge in [-0.3, -0.25) is 29.0 Å². The lowest BCUT2D eigenvalue weighted by molar-refractivity contribution is -0.129. The zero-order valence-electron chi connectivity index (χ0n) is 26.0. The number of halogens is 2. The summed E-state index contributed by atoms with van der Waals surface area (Å²) in [4.78, 5) is 68.7. The third-order valence-electron chi connectivity index (χ3n) is 7.80. The summed E-state index contributed by atoms with van der Waals surface area (Å²) in [7, 11) is 0. The number of ether oxygens (including phenoxy) is 2. The van der Waals surface area contributed by atoms with E-state index in [0.29, 0.717) is 54.7 Å². The number of thiophene rings is 1. The summed E-state index contributed by atoms with van der Waals surface area (Å²) in [5.41, 5.74) is 8.26. The number of hydrogen-bond acceptors (Lipinski definition) is 9. The Bertz CT molecular complexity index is 1590. The van der Waals surface area contributed by atoms with Crippen LogP contribution in [0.25, 0.3) is 0 Å². The number of imide groups is 1. The molecule has 3 heterocycles. The first-order valence-corrected chi connectivity index (χ1v) is 16.5. The van der Waals surface area contributed by atoms with Crippen LogP contribution in [0.2, 0.25) is 4.34 Å². The zero-order valence-corrected chi connectivity index (χ0v) is 28.4. The minimum Gasteiger partial charge on any atom is -0.442 e. The molecule has 3 N–H and O–H groups in total. The van der Waals surface area contributed by atoms with Gasteiger partial charge in [0.1, 0.15) is 12.7 Å². The molecule has 2 saturated heterocycles. The van der Waals surface area contributed by atoms with Gasteiger partial charge in [0, 0.05) is 30.9 Å². The van der Waals surface area contributed by atoms with Crippen molar-refractivity contribution in [2.24, 2.45) is 5.73 Å². The van der Waals surface area contributed by atoms with Crippen LogP contribution in [0, 0.1) is 0 Å². The van der Waals surface area contributed by atoms with Crippen molar-refractivity contribution in [1.29, 1.82) is 0 Å². The van der Waals surface area contributed by atoms with Gasteiger partial charge in [0.15, 0.2) is 0 Å². The van der Waals surface area contributed by atoms with Crippen LogP contribution < -0.4 is 20.9 Å². The fourth-order valence-corrected chi connectivity index (χ4v) is 6.33. The molecule has 0 aliphatic carbocycles. The second kappa shape index (κ2) is 17.4. The van der Waals surface area contributed by atoms with Gasteiger partial charge in [0.2, 0.25) is 11.8 Å². The van der Waals surface area contributed by atoms with Crippen LogP contribution in [0.15, 0.2) is 66.7 Å². The average molecular weight is 719 g/mol. The molecule has 2 aromatic carbocycles. The van der Waals surface area contributed by atoms with Crippen LogP contribution in [0.5, 0.6) is 0 Å². The maximum atomic E-state index is 13.4. The molecule has 15 heteroatoms. The van der Waals surface area contributed by atoms with Gasteiger partial charge in [0.25, 0.3) is 11.8 Å². The summed E-state index contributed by atoms with van der Waals surface area (Å²) < 4.78 is 11.2.